The van der Waals surface area contributed by atoms with Crippen molar-refractivity contribution in [2.75, 3.05) is 33.0 Å². The molecule has 2 aliphatic heterocycles. The summed E-state index contributed by atoms with van der Waals surface area (Å²) in [6, 6.07) is 5.40. The Kier molecular flexibility index (Phi) is 5.37. The fourth-order valence-corrected chi connectivity index (χ4v) is 3.77. The summed E-state index contributed by atoms with van der Waals surface area (Å²) in [5, 5.41) is 8.22. The molecule has 154 valence electrons. The molecule has 0 atom stereocenters. The van der Waals surface area contributed by atoms with Gasteiger partial charge in [-0.1, -0.05) is 5.21 Å². The Bertz CT molecular complexity index is 900. The van der Waals surface area contributed by atoms with Crippen LogP contribution in [0.15, 0.2) is 24.4 Å². The molecule has 0 bridgehead atoms. The van der Waals surface area contributed by atoms with E-state index in [0.717, 1.165) is 12.8 Å². The monoisotopic (exact) mass is 399 g/mol. The van der Waals surface area contributed by atoms with Crippen LogP contribution in [-0.2, 0) is 0 Å². The largest absolute Gasteiger partial charge is 0.454 e. The molecule has 4 rings (SSSR count). The molecular weight excluding hydrogens is 374 g/mol. The summed E-state index contributed by atoms with van der Waals surface area (Å²) in [6.45, 7) is 6.60. The average molecular weight is 399 g/mol. The van der Waals surface area contributed by atoms with Crippen molar-refractivity contribution in [3.05, 3.63) is 35.7 Å². The fraction of sp³-hybridized carbons (Fsp3) is 0.500. The van der Waals surface area contributed by atoms with Crippen LogP contribution in [0.25, 0.3) is 0 Å². The highest BCUT2D eigenvalue weighted by atomic mass is 16.7. The molecular formula is C20H25N5O4. The summed E-state index contributed by atoms with van der Waals surface area (Å²) in [5.74, 6) is 1.16. The molecule has 0 radical (unpaired) electrons. The lowest BCUT2D eigenvalue weighted by Gasteiger charge is -2.32. The SMILES string of the molecule is CCN(CC)C(=O)c1cn(C2CCN(C(=O)c3ccc4c(c3)OCO4)CC2)nn1. The van der Waals surface area contributed by atoms with E-state index in [2.05, 4.69) is 10.3 Å². The minimum atomic E-state index is -0.100. The summed E-state index contributed by atoms with van der Waals surface area (Å²) in [5.41, 5.74) is 0.966. The minimum absolute atomic E-state index is 0.0160. The quantitative estimate of drug-likeness (QED) is 0.764. The van der Waals surface area contributed by atoms with Crippen LogP contribution < -0.4 is 9.47 Å². The topological polar surface area (TPSA) is 89.8 Å². The minimum Gasteiger partial charge on any atom is -0.454 e. The van der Waals surface area contributed by atoms with Gasteiger partial charge in [0.2, 0.25) is 6.79 Å². The maximum atomic E-state index is 12.8. The molecule has 9 nitrogen and oxygen atoms in total. The van der Waals surface area contributed by atoms with E-state index in [-0.39, 0.29) is 24.6 Å². The first-order valence-corrected chi connectivity index (χ1v) is 10.0. The van der Waals surface area contributed by atoms with Crippen LogP contribution in [0.1, 0.15) is 53.6 Å². The molecule has 1 fully saturated rings. The lowest BCUT2D eigenvalue weighted by atomic mass is 10.0. The number of ether oxygens (including phenoxy) is 2. The number of likely N-dealkylation sites (tertiary alicyclic amines) is 1. The van der Waals surface area contributed by atoms with Gasteiger partial charge in [0.25, 0.3) is 11.8 Å². The smallest absolute Gasteiger partial charge is 0.276 e. The lowest BCUT2D eigenvalue weighted by molar-refractivity contribution is 0.0688. The van der Waals surface area contributed by atoms with Crippen molar-refractivity contribution in [3.8, 4) is 11.5 Å². The molecule has 1 aromatic carbocycles. The number of aromatic nitrogens is 3. The van der Waals surface area contributed by atoms with E-state index in [4.69, 9.17) is 9.47 Å². The molecule has 1 aromatic heterocycles. The number of rotatable bonds is 5. The number of benzene rings is 1. The van der Waals surface area contributed by atoms with Gasteiger partial charge in [0.15, 0.2) is 17.2 Å². The van der Waals surface area contributed by atoms with Crippen LogP contribution in [0.4, 0.5) is 0 Å². The van der Waals surface area contributed by atoms with E-state index < -0.39 is 0 Å². The zero-order valence-corrected chi connectivity index (χ0v) is 16.7. The summed E-state index contributed by atoms with van der Waals surface area (Å²) >= 11 is 0. The molecule has 2 aliphatic rings. The predicted molar refractivity (Wildman–Crippen MR) is 104 cm³/mol. The van der Waals surface area contributed by atoms with Crippen LogP contribution in [0, 0.1) is 0 Å². The number of fused-ring (bicyclic) bond motifs is 1. The van der Waals surface area contributed by atoms with E-state index >= 15 is 0 Å². The third-order valence-corrected chi connectivity index (χ3v) is 5.53. The summed E-state index contributed by atoms with van der Waals surface area (Å²) in [4.78, 5) is 28.8. The summed E-state index contributed by atoms with van der Waals surface area (Å²) in [7, 11) is 0. The molecule has 3 heterocycles. The summed E-state index contributed by atoms with van der Waals surface area (Å²) in [6.07, 6.45) is 3.25. The number of carbonyl (C=O) groups is 2. The number of hydrogen-bond acceptors (Lipinski definition) is 6. The van der Waals surface area contributed by atoms with Crippen LogP contribution >= 0.6 is 0 Å². The molecule has 29 heavy (non-hydrogen) atoms. The van der Waals surface area contributed by atoms with Gasteiger partial charge in [0.05, 0.1) is 12.2 Å². The van der Waals surface area contributed by atoms with E-state index in [1.165, 1.54) is 0 Å². The first-order valence-electron chi connectivity index (χ1n) is 10.0. The molecule has 0 aliphatic carbocycles. The van der Waals surface area contributed by atoms with Crippen molar-refractivity contribution < 1.29 is 19.1 Å². The van der Waals surface area contributed by atoms with Crippen molar-refractivity contribution in [3.63, 3.8) is 0 Å². The Labute approximate surface area is 169 Å². The van der Waals surface area contributed by atoms with Gasteiger partial charge >= 0.3 is 0 Å². The maximum absolute atomic E-state index is 12.8. The van der Waals surface area contributed by atoms with Crippen LogP contribution in [0.2, 0.25) is 0 Å². The average Bonchev–Trinajstić information content (AvgIpc) is 3.43. The van der Waals surface area contributed by atoms with Gasteiger partial charge < -0.3 is 19.3 Å². The zero-order chi connectivity index (χ0) is 20.4. The van der Waals surface area contributed by atoms with E-state index in [1.807, 2.05) is 18.7 Å². The molecule has 2 aromatic rings. The highest BCUT2D eigenvalue weighted by molar-refractivity contribution is 5.95. The molecule has 0 saturated carbocycles. The van der Waals surface area contributed by atoms with Gasteiger partial charge in [-0.3, -0.25) is 9.59 Å². The lowest BCUT2D eigenvalue weighted by Crippen LogP contribution is -2.39. The second kappa shape index (κ2) is 8.10. The Morgan fingerprint density at radius 2 is 1.86 bits per heavy atom. The predicted octanol–water partition coefficient (Wildman–Crippen LogP) is 1.97. The second-order valence-corrected chi connectivity index (χ2v) is 7.15. The van der Waals surface area contributed by atoms with E-state index in [0.29, 0.717) is 48.9 Å². The fourth-order valence-electron chi connectivity index (χ4n) is 3.77. The van der Waals surface area contributed by atoms with E-state index in [9.17, 15) is 9.59 Å². The van der Waals surface area contributed by atoms with Crippen molar-refractivity contribution >= 4 is 11.8 Å². The molecule has 0 N–H and O–H groups in total. The molecule has 9 heteroatoms. The Balaban J connectivity index is 1.37. The van der Waals surface area contributed by atoms with Gasteiger partial charge in [-0.2, -0.15) is 0 Å². The van der Waals surface area contributed by atoms with Gasteiger partial charge in [-0.05, 0) is 44.9 Å². The van der Waals surface area contributed by atoms with Crippen molar-refractivity contribution in [2.24, 2.45) is 0 Å². The summed E-state index contributed by atoms with van der Waals surface area (Å²) < 4.78 is 12.4. The first-order chi connectivity index (χ1) is 14.1. The van der Waals surface area contributed by atoms with Crippen LogP contribution in [0.5, 0.6) is 11.5 Å². The van der Waals surface area contributed by atoms with Crippen molar-refractivity contribution in [1.29, 1.82) is 0 Å². The maximum Gasteiger partial charge on any atom is 0.276 e. The van der Waals surface area contributed by atoms with Gasteiger partial charge in [-0.25, -0.2) is 4.68 Å². The van der Waals surface area contributed by atoms with Crippen molar-refractivity contribution in [2.45, 2.75) is 32.7 Å². The molecule has 0 unspecified atom stereocenters. The number of piperidine rings is 1. The van der Waals surface area contributed by atoms with Gasteiger partial charge in [0, 0.05) is 31.7 Å². The standard InChI is InChI=1S/C20H25N5O4/c1-3-23(4-2)20(27)16-12-25(22-21-16)15-7-9-24(10-8-15)19(26)14-5-6-17-18(11-14)29-13-28-17/h5-6,11-12,15H,3-4,7-10,13H2,1-2H3. The van der Waals surface area contributed by atoms with Crippen LogP contribution in [-0.4, -0.2) is 69.6 Å². The Hall–Kier alpha value is -3.10. The third-order valence-electron chi connectivity index (χ3n) is 5.53. The molecule has 0 spiro atoms. The number of amides is 2. The highest BCUT2D eigenvalue weighted by Crippen LogP contribution is 2.33. The van der Waals surface area contributed by atoms with Gasteiger partial charge in [0.1, 0.15) is 0 Å². The zero-order valence-electron chi connectivity index (χ0n) is 16.7. The number of hydrogen-bond donors (Lipinski definition) is 0. The molecule has 1 saturated heterocycles. The van der Waals surface area contributed by atoms with Gasteiger partial charge in [-0.15, -0.1) is 5.10 Å². The van der Waals surface area contributed by atoms with E-state index in [1.54, 1.807) is 34.0 Å². The Morgan fingerprint density at radius 3 is 2.59 bits per heavy atom. The normalized spacial score (nSPS) is 16.1. The third kappa shape index (κ3) is 3.76. The molecule has 2 amide bonds. The number of nitrogens with zero attached hydrogens (tertiary/aromatic N) is 5. The highest BCUT2D eigenvalue weighted by Gasteiger charge is 2.27. The van der Waals surface area contributed by atoms with Crippen molar-refractivity contribution in [1.82, 2.24) is 24.8 Å². The number of carbonyl (C=O) groups excluding carboxylic acids is 2. The first kappa shape index (κ1) is 19.2. The Morgan fingerprint density at radius 1 is 1.14 bits per heavy atom. The second-order valence-electron chi connectivity index (χ2n) is 7.15. The van der Waals surface area contributed by atoms with Crippen LogP contribution in [0.3, 0.4) is 0 Å².